The molecule has 0 saturated carbocycles. The maximum atomic E-state index is 12.3. The molecule has 6 heteroatoms. The maximum Gasteiger partial charge on any atom is 0.266 e. The Morgan fingerprint density at radius 3 is 2.44 bits per heavy atom. The van der Waals surface area contributed by atoms with Crippen molar-refractivity contribution in [1.82, 2.24) is 4.31 Å². The van der Waals surface area contributed by atoms with Crippen LogP contribution in [-0.2, 0) is 14.8 Å². The third kappa shape index (κ3) is 2.44. The predicted molar refractivity (Wildman–Crippen MR) is 71.4 cm³/mol. The second kappa shape index (κ2) is 5.01. The molecule has 1 atom stereocenters. The van der Waals surface area contributed by atoms with Crippen LogP contribution in [0, 0.1) is 5.92 Å². The Morgan fingerprint density at radius 1 is 1.33 bits per heavy atom. The molecule has 1 heterocycles. The second-order valence-electron chi connectivity index (χ2n) is 4.36. The highest BCUT2D eigenvalue weighted by atomic mass is 79.9. The topological polar surface area (TPSA) is 54.5 Å². The standard InChI is InChI=1S/C12H14BrNO3S/c1-2-9-7-12(15)14(8-9)18(16,17)11-5-3-10(13)4-6-11/h3-6,9H,2,7-8H2,1H3. The van der Waals surface area contributed by atoms with Gasteiger partial charge in [0.15, 0.2) is 0 Å². The Balaban J connectivity index is 2.32. The van der Waals surface area contributed by atoms with Crippen LogP contribution in [0.4, 0.5) is 0 Å². The van der Waals surface area contributed by atoms with E-state index in [0.29, 0.717) is 13.0 Å². The zero-order chi connectivity index (χ0) is 13.3. The molecule has 4 nitrogen and oxygen atoms in total. The van der Waals surface area contributed by atoms with Gasteiger partial charge in [-0.25, -0.2) is 12.7 Å². The molecular formula is C12H14BrNO3S. The number of hydrogen-bond donors (Lipinski definition) is 0. The molecule has 0 aromatic heterocycles. The number of sulfonamides is 1. The van der Waals surface area contributed by atoms with E-state index in [1.165, 1.54) is 12.1 Å². The van der Waals surface area contributed by atoms with Crippen molar-refractivity contribution in [1.29, 1.82) is 0 Å². The Hall–Kier alpha value is -0.880. The molecule has 0 aliphatic carbocycles. The van der Waals surface area contributed by atoms with Crippen LogP contribution < -0.4 is 0 Å². The van der Waals surface area contributed by atoms with E-state index in [1.807, 2.05) is 6.92 Å². The highest BCUT2D eigenvalue weighted by molar-refractivity contribution is 9.10. The minimum absolute atomic E-state index is 0.141. The summed E-state index contributed by atoms with van der Waals surface area (Å²) in [6, 6.07) is 6.33. The van der Waals surface area contributed by atoms with Crippen LogP contribution >= 0.6 is 15.9 Å². The normalized spacial score (nSPS) is 20.4. The highest BCUT2D eigenvalue weighted by Crippen LogP contribution is 2.27. The molecule has 0 N–H and O–H groups in total. The minimum Gasteiger partial charge on any atom is -0.274 e. The van der Waals surface area contributed by atoms with Gasteiger partial charge in [0.1, 0.15) is 0 Å². The molecule has 0 spiro atoms. The Labute approximate surface area is 115 Å². The SMILES string of the molecule is CCC1CC(=O)N(S(=O)(=O)c2ccc(Br)cc2)C1. The lowest BCUT2D eigenvalue weighted by Gasteiger charge is -2.16. The summed E-state index contributed by atoms with van der Waals surface area (Å²) in [6.45, 7) is 2.27. The number of rotatable bonds is 3. The van der Waals surface area contributed by atoms with Gasteiger partial charge in [0.05, 0.1) is 4.90 Å². The van der Waals surface area contributed by atoms with Gasteiger partial charge in [0.2, 0.25) is 5.91 Å². The average molecular weight is 332 g/mol. The fourth-order valence-corrected chi connectivity index (χ4v) is 3.74. The summed E-state index contributed by atoms with van der Waals surface area (Å²) in [5.74, 6) is -0.160. The molecule has 1 aromatic carbocycles. The van der Waals surface area contributed by atoms with Gasteiger partial charge in [-0.2, -0.15) is 0 Å². The molecule has 2 rings (SSSR count). The van der Waals surface area contributed by atoms with E-state index in [4.69, 9.17) is 0 Å². The zero-order valence-electron chi connectivity index (χ0n) is 9.97. The lowest BCUT2D eigenvalue weighted by atomic mass is 10.1. The van der Waals surface area contributed by atoms with Gasteiger partial charge < -0.3 is 0 Å². The van der Waals surface area contributed by atoms with E-state index in [1.54, 1.807) is 12.1 Å². The molecule has 1 saturated heterocycles. The molecule has 1 aliphatic heterocycles. The van der Waals surface area contributed by atoms with Crippen molar-refractivity contribution in [3.8, 4) is 0 Å². The highest BCUT2D eigenvalue weighted by Gasteiger charge is 2.37. The molecule has 1 fully saturated rings. The van der Waals surface area contributed by atoms with E-state index in [2.05, 4.69) is 15.9 Å². The molecule has 0 bridgehead atoms. The van der Waals surface area contributed by atoms with Crippen molar-refractivity contribution in [3.05, 3.63) is 28.7 Å². The first-order valence-corrected chi connectivity index (χ1v) is 7.99. The fraction of sp³-hybridized carbons (Fsp3) is 0.417. The molecule has 1 amide bonds. The van der Waals surface area contributed by atoms with Crippen molar-refractivity contribution in [2.24, 2.45) is 5.92 Å². The first-order valence-electron chi connectivity index (χ1n) is 5.76. The average Bonchev–Trinajstić information content (AvgIpc) is 2.72. The smallest absolute Gasteiger partial charge is 0.266 e. The van der Waals surface area contributed by atoms with Crippen molar-refractivity contribution in [2.45, 2.75) is 24.7 Å². The first kappa shape index (κ1) is 13.5. The van der Waals surface area contributed by atoms with Gasteiger partial charge in [-0.05, 0) is 30.2 Å². The van der Waals surface area contributed by atoms with Gasteiger partial charge in [-0.15, -0.1) is 0 Å². The number of carbonyl (C=O) groups excluding carboxylic acids is 1. The number of halogens is 1. The third-order valence-corrected chi connectivity index (χ3v) is 5.47. The van der Waals surface area contributed by atoms with Gasteiger partial charge >= 0.3 is 0 Å². The maximum absolute atomic E-state index is 12.3. The van der Waals surface area contributed by atoms with Crippen LogP contribution in [0.3, 0.4) is 0 Å². The minimum atomic E-state index is -3.68. The number of nitrogens with zero attached hydrogens (tertiary/aromatic N) is 1. The number of carbonyl (C=O) groups is 1. The van der Waals surface area contributed by atoms with E-state index >= 15 is 0 Å². The summed E-state index contributed by atoms with van der Waals surface area (Å²) in [6.07, 6.45) is 1.14. The van der Waals surface area contributed by atoms with Gasteiger partial charge in [0.25, 0.3) is 10.0 Å². The second-order valence-corrected chi connectivity index (χ2v) is 7.14. The lowest BCUT2D eigenvalue weighted by molar-refractivity contribution is -0.123. The molecular weight excluding hydrogens is 318 g/mol. The lowest BCUT2D eigenvalue weighted by Crippen LogP contribution is -2.32. The van der Waals surface area contributed by atoms with E-state index in [9.17, 15) is 13.2 Å². The van der Waals surface area contributed by atoms with Crippen LogP contribution in [0.25, 0.3) is 0 Å². The molecule has 1 aromatic rings. The molecule has 98 valence electrons. The molecule has 0 radical (unpaired) electrons. The third-order valence-electron chi connectivity index (χ3n) is 3.14. The van der Waals surface area contributed by atoms with Crippen LogP contribution in [0.15, 0.2) is 33.6 Å². The molecule has 1 aliphatic rings. The van der Waals surface area contributed by atoms with Crippen molar-refractivity contribution in [3.63, 3.8) is 0 Å². The van der Waals surface area contributed by atoms with E-state index in [-0.39, 0.29) is 16.7 Å². The largest absolute Gasteiger partial charge is 0.274 e. The quantitative estimate of drug-likeness (QED) is 0.854. The number of benzene rings is 1. The summed E-state index contributed by atoms with van der Waals surface area (Å²) in [4.78, 5) is 11.9. The Bertz CT molecular complexity index is 553. The van der Waals surface area contributed by atoms with Crippen molar-refractivity contribution >= 4 is 31.9 Å². The first-order chi connectivity index (χ1) is 8.45. The predicted octanol–water partition coefficient (Wildman–Crippen LogP) is 2.40. The van der Waals surface area contributed by atoms with Gasteiger partial charge in [0, 0.05) is 17.4 Å². The summed E-state index contributed by atoms with van der Waals surface area (Å²) < 4.78 is 26.4. The van der Waals surface area contributed by atoms with Crippen molar-refractivity contribution < 1.29 is 13.2 Å². The van der Waals surface area contributed by atoms with E-state index < -0.39 is 10.0 Å². The fourth-order valence-electron chi connectivity index (χ4n) is 1.99. The number of hydrogen-bond acceptors (Lipinski definition) is 3. The summed E-state index contributed by atoms with van der Waals surface area (Å²) in [5, 5.41) is 0. The van der Waals surface area contributed by atoms with Crippen LogP contribution in [-0.4, -0.2) is 25.2 Å². The van der Waals surface area contributed by atoms with E-state index in [0.717, 1.165) is 15.2 Å². The summed E-state index contributed by atoms with van der Waals surface area (Å²) in [7, 11) is -3.68. The Kier molecular flexibility index (Phi) is 3.77. The zero-order valence-corrected chi connectivity index (χ0v) is 12.4. The van der Waals surface area contributed by atoms with Crippen LogP contribution in [0.2, 0.25) is 0 Å². The van der Waals surface area contributed by atoms with Gasteiger partial charge in [-0.1, -0.05) is 29.3 Å². The summed E-state index contributed by atoms with van der Waals surface area (Å²) >= 11 is 3.25. The van der Waals surface area contributed by atoms with Gasteiger partial charge in [-0.3, -0.25) is 4.79 Å². The van der Waals surface area contributed by atoms with Crippen LogP contribution in [0.5, 0.6) is 0 Å². The number of amides is 1. The molecule has 1 unspecified atom stereocenters. The summed E-state index contributed by atoms with van der Waals surface area (Å²) in [5.41, 5.74) is 0. The van der Waals surface area contributed by atoms with Crippen LogP contribution in [0.1, 0.15) is 19.8 Å². The molecule has 18 heavy (non-hydrogen) atoms. The Morgan fingerprint density at radius 2 is 1.94 bits per heavy atom. The monoisotopic (exact) mass is 331 g/mol. The van der Waals surface area contributed by atoms with Crippen molar-refractivity contribution in [2.75, 3.05) is 6.54 Å².